The van der Waals surface area contributed by atoms with E-state index in [4.69, 9.17) is 5.73 Å². The summed E-state index contributed by atoms with van der Waals surface area (Å²) in [5, 5.41) is 7.23. The van der Waals surface area contributed by atoms with E-state index >= 15 is 0 Å². The topological polar surface area (TPSA) is 70.8 Å². The number of rotatable bonds is 2. The molecule has 3 rings (SSSR count). The van der Waals surface area contributed by atoms with E-state index in [-0.39, 0.29) is 5.82 Å². The molecule has 0 atom stereocenters. The van der Waals surface area contributed by atoms with Crippen molar-refractivity contribution in [2.45, 2.75) is 18.9 Å². The third kappa shape index (κ3) is 2.58. The minimum Gasteiger partial charge on any atom is -0.355 e. The van der Waals surface area contributed by atoms with Gasteiger partial charge in [0.1, 0.15) is 5.82 Å². The summed E-state index contributed by atoms with van der Waals surface area (Å²) in [6.45, 7) is 1.84. The molecular weight excluding hydrogens is 245 g/mol. The van der Waals surface area contributed by atoms with Gasteiger partial charge in [-0.15, -0.1) is 0 Å². The standard InChI is InChI=1S/C13H16FN5/c14-9-1-2-11(16-8-9)12-7-13(18-17-12)19-5-3-10(15)4-6-19/h1-2,7-8,10H,3-6,15H2,(H,17,18). The number of aromatic nitrogens is 3. The summed E-state index contributed by atoms with van der Waals surface area (Å²) in [5.41, 5.74) is 7.37. The molecule has 1 saturated heterocycles. The lowest BCUT2D eigenvalue weighted by Crippen LogP contribution is -2.39. The second-order valence-electron chi connectivity index (χ2n) is 4.83. The molecule has 1 fully saturated rings. The quantitative estimate of drug-likeness (QED) is 0.860. The van der Waals surface area contributed by atoms with E-state index < -0.39 is 0 Å². The summed E-state index contributed by atoms with van der Waals surface area (Å²) in [4.78, 5) is 6.24. The molecule has 2 aromatic heterocycles. The first kappa shape index (κ1) is 12.1. The monoisotopic (exact) mass is 261 g/mol. The molecule has 3 N–H and O–H groups in total. The van der Waals surface area contributed by atoms with Gasteiger partial charge in [-0.2, -0.15) is 5.10 Å². The molecule has 5 nitrogen and oxygen atoms in total. The van der Waals surface area contributed by atoms with Crippen LogP contribution in [0.1, 0.15) is 12.8 Å². The molecule has 1 aliphatic heterocycles. The van der Waals surface area contributed by atoms with Crippen molar-refractivity contribution in [3.05, 3.63) is 30.2 Å². The van der Waals surface area contributed by atoms with Gasteiger partial charge in [-0.05, 0) is 25.0 Å². The smallest absolute Gasteiger partial charge is 0.151 e. The van der Waals surface area contributed by atoms with Crippen LogP contribution in [0.3, 0.4) is 0 Å². The summed E-state index contributed by atoms with van der Waals surface area (Å²) in [6.07, 6.45) is 3.17. The minimum atomic E-state index is -0.339. The molecule has 0 bridgehead atoms. The maximum Gasteiger partial charge on any atom is 0.151 e. The van der Waals surface area contributed by atoms with Gasteiger partial charge in [-0.25, -0.2) is 4.39 Å². The zero-order valence-electron chi connectivity index (χ0n) is 10.5. The van der Waals surface area contributed by atoms with Crippen molar-refractivity contribution in [2.24, 2.45) is 5.73 Å². The Kier molecular flexibility index (Phi) is 3.16. The summed E-state index contributed by atoms with van der Waals surface area (Å²) in [7, 11) is 0. The fraction of sp³-hybridized carbons (Fsp3) is 0.385. The Morgan fingerprint density at radius 2 is 2.11 bits per heavy atom. The number of nitrogens with two attached hydrogens (primary N) is 1. The molecule has 0 spiro atoms. The lowest BCUT2D eigenvalue weighted by atomic mass is 10.1. The van der Waals surface area contributed by atoms with Gasteiger partial charge in [-0.3, -0.25) is 10.1 Å². The number of halogens is 1. The molecule has 0 radical (unpaired) electrons. The molecular formula is C13H16FN5. The molecule has 2 aromatic rings. The van der Waals surface area contributed by atoms with Crippen molar-refractivity contribution in [3.8, 4) is 11.4 Å². The number of hydrogen-bond donors (Lipinski definition) is 2. The lowest BCUT2D eigenvalue weighted by Gasteiger charge is -2.29. The van der Waals surface area contributed by atoms with Crippen LogP contribution in [0, 0.1) is 5.82 Å². The first-order valence-electron chi connectivity index (χ1n) is 6.40. The van der Waals surface area contributed by atoms with Crippen LogP contribution in [0.15, 0.2) is 24.4 Å². The highest BCUT2D eigenvalue weighted by molar-refractivity contribution is 5.59. The van der Waals surface area contributed by atoms with E-state index in [2.05, 4.69) is 20.1 Å². The zero-order valence-corrected chi connectivity index (χ0v) is 10.5. The Bertz CT molecular complexity index is 542. The van der Waals surface area contributed by atoms with Crippen LogP contribution >= 0.6 is 0 Å². The molecule has 0 saturated carbocycles. The van der Waals surface area contributed by atoms with Gasteiger partial charge in [0.15, 0.2) is 5.82 Å². The maximum atomic E-state index is 12.8. The van der Waals surface area contributed by atoms with Crippen LogP contribution in [0.2, 0.25) is 0 Å². The van der Waals surface area contributed by atoms with Crippen molar-refractivity contribution < 1.29 is 4.39 Å². The number of anilines is 1. The summed E-state index contributed by atoms with van der Waals surface area (Å²) in [6, 6.07) is 5.27. The third-order valence-corrected chi connectivity index (χ3v) is 3.43. The van der Waals surface area contributed by atoms with Crippen LogP contribution in [0.25, 0.3) is 11.4 Å². The van der Waals surface area contributed by atoms with E-state index in [9.17, 15) is 4.39 Å². The summed E-state index contributed by atoms with van der Waals surface area (Å²) < 4.78 is 12.8. The lowest BCUT2D eigenvalue weighted by molar-refractivity contribution is 0.498. The SMILES string of the molecule is NC1CCN(c2cc(-c3ccc(F)cn3)[nH]n2)CC1. The second kappa shape index (κ2) is 4.97. The van der Waals surface area contributed by atoms with Crippen molar-refractivity contribution in [2.75, 3.05) is 18.0 Å². The summed E-state index contributed by atoms with van der Waals surface area (Å²) >= 11 is 0. The van der Waals surface area contributed by atoms with Crippen LogP contribution in [0.4, 0.5) is 10.2 Å². The molecule has 1 aliphatic rings. The Morgan fingerprint density at radius 3 is 2.79 bits per heavy atom. The van der Waals surface area contributed by atoms with Crippen LogP contribution in [-0.2, 0) is 0 Å². The highest BCUT2D eigenvalue weighted by Gasteiger charge is 2.18. The van der Waals surface area contributed by atoms with Gasteiger partial charge in [0, 0.05) is 25.2 Å². The van der Waals surface area contributed by atoms with Crippen LogP contribution in [-0.4, -0.2) is 34.3 Å². The number of pyridine rings is 1. The minimum absolute atomic E-state index is 0.299. The van der Waals surface area contributed by atoms with Crippen molar-refractivity contribution in [3.63, 3.8) is 0 Å². The van der Waals surface area contributed by atoms with Gasteiger partial charge >= 0.3 is 0 Å². The average molecular weight is 261 g/mol. The summed E-state index contributed by atoms with van der Waals surface area (Å²) in [5.74, 6) is 0.557. The molecule has 0 aliphatic carbocycles. The number of piperidine rings is 1. The molecule has 3 heterocycles. The predicted octanol–water partition coefficient (Wildman–Crippen LogP) is 1.54. The Balaban J connectivity index is 1.77. The van der Waals surface area contributed by atoms with Crippen molar-refractivity contribution in [1.82, 2.24) is 15.2 Å². The van der Waals surface area contributed by atoms with E-state index in [0.29, 0.717) is 11.7 Å². The Labute approximate surface area is 110 Å². The zero-order chi connectivity index (χ0) is 13.2. The van der Waals surface area contributed by atoms with Gasteiger partial charge in [0.2, 0.25) is 0 Å². The van der Waals surface area contributed by atoms with Gasteiger partial charge < -0.3 is 10.6 Å². The highest BCUT2D eigenvalue weighted by atomic mass is 19.1. The molecule has 100 valence electrons. The van der Waals surface area contributed by atoms with Crippen LogP contribution < -0.4 is 10.6 Å². The third-order valence-electron chi connectivity index (χ3n) is 3.43. The van der Waals surface area contributed by atoms with E-state index in [1.165, 1.54) is 12.3 Å². The number of hydrogen-bond acceptors (Lipinski definition) is 4. The molecule has 6 heteroatoms. The normalized spacial score (nSPS) is 16.8. The van der Waals surface area contributed by atoms with Gasteiger partial charge in [0.05, 0.1) is 17.6 Å². The van der Waals surface area contributed by atoms with Crippen molar-refractivity contribution >= 4 is 5.82 Å². The number of nitrogens with zero attached hydrogens (tertiary/aromatic N) is 3. The van der Waals surface area contributed by atoms with Gasteiger partial charge in [-0.1, -0.05) is 0 Å². The first-order valence-corrected chi connectivity index (χ1v) is 6.40. The largest absolute Gasteiger partial charge is 0.355 e. The molecule has 0 aromatic carbocycles. The van der Waals surface area contributed by atoms with E-state index in [0.717, 1.165) is 37.4 Å². The number of aromatic amines is 1. The highest BCUT2D eigenvalue weighted by Crippen LogP contribution is 2.22. The van der Waals surface area contributed by atoms with E-state index in [1.807, 2.05) is 6.07 Å². The first-order chi connectivity index (χ1) is 9.22. The Morgan fingerprint density at radius 1 is 1.32 bits per heavy atom. The molecule has 19 heavy (non-hydrogen) atoms. The fourth-order valence-electron chi connectivity index (χ4n) is 2.27. The predicted molar refractivity (Wildman–Crippen MR) is 71.2 cm³/mol. The maximum absolute atomic E-state index is 12.8. The van der Waals surface area contributed by atoms with Crippen LogP contribution in [0.5, 0.6) is 0 Å². The number of H-pyrrole nitrogens is 1. The van der Waals surface area contributed by atoms with E-state index in [1.54, 1.807) is 6.07 Å². The van der Waals surface area contributed by atoms with Gasteiger partial charge in [0.25, 0.3) is 0 Å². The molecule has 0 amide bonds. The molecule has 0 unspecified atom stereocenters. The average Bonchev–Trinajstić information content (AvgIpc) is 2.90. The fourth-order valence-corrected chi connectivity index (χ4v) is 2.27. The number of nitrogens with one attached hydrogen (secondary N) is 1. The van der Waals surface area contributed by atoms with Crippen molar-refractivity contribution in [1.29, 1.82) is 0 Å². The Hall–Kier alpha value is -1.95. The second-order valence-corrected chi connectivity index (χ2v) is 4.83.